The number of hydrogen-bond acceptors (Lipinski definition) is 1. The first kappa shape index (κ1) is 7.79. The van der Waals surface area contributed by atoms with Gasteiger partial charge in [0.15, 0.2) is 0 Å². The predicted octanol–water partition coefficient (Wildman–Crippen LogP) is 2.60. The molecule has 1 fully saturated rings. The molecule has 1 heterocycles. The summed E-state index contributed by atoms with van der Waals surface area (Å²) in [6.07, 6.45) is 5.58. The van der Waals surface area contributed by atoms with Gasteiger partial charge in [-0.05, 0) is 19.3 Å². The quantitative estimate of drug-likeness (QED) is 0.502. The fourth-order valence-electron chi connectivity index (χ4n) is 1.37. The molecule has 0 saturated carbocycles. The Morgan fingerprint density at radius 2 is 2.33 bits per heavy atom. The highest BCUT2D eigenvalue weighted by Gasteiger charge is 2.17. The first-order valence-corrected chi connectivity index (χ1v) is 4.73. The molecular weight excluding hydrogens is 225 g/mol. The minimum Gasteiger partial charge on any atom is -0.244 e. The lowest BCUT2D eigenvalue weighted by atomic mass is 10.0. The molecule has 1 saturated heterocycles. The van der Waals surface area contributed by atoms with Crippen LogP contribution in [0.15, 0.2) is 0 Å². The SMILES string of the molecule is CCC1CCCCN1I. The van der Waals surface area contributed by atoms with Crippen LogP contribution in [0.1, 0.15) is 32.6 Å². The summed E-state index contributed by atoms with van der Waals surface area (Å²) in [4.78, 5) is 0. The third-order valence-electron chi connectivity index (χ3n) is 2.03. The Morgan fingerprint density at radius 1 is 1.56 bits per heavy atom. The molecule has 0 amide bonds. The molecule has 1 nitrogen and oxygen atoms in total. The summed E-state index contributed by atoms with van der Waals surface area (Å²) in [6.45, 7) is 3.58. The zero-order valence-corrected chi connectivity index (χ0v) is 8.10. The molecular formula is C7H14IN. The second kappa shape index (κ2) is 3.76. The smallest absolute Gasteiger partial charge is 0.0204 e. The lowest BCUT2D eigenvalue weighted by Gasteiger charge is -2.29. The zero-order valence-electron chi connectivity index (χ0n) is 5.94. The number of hydrogen-bond donors (Lipinski definition) is 0. The van der Waals surface area contributed by atoms with Crippen molar-refractivity contribution in [2.75, 3.05) is 6.54 Å². The third-order valence-corrected chi connectivity index (χ3v) is 3.30. The van der Waals surface area contributed by atoms with Crippen LogP contribution in [0.4, 0.5) is 0 Å². The van der Waals surface area contributed by atoms with E-state index in [9.17, 15) is 0 Å². The summed E-state index contributed by atoms with van der Waals surface area (Å²) >= 11 is 2.45. The maximum atomic E-state index is 2.46. The Hall–Kier alpha value is 0.690. The highest BCUT2D eigenvalue weighted by atomic mass is 127. The van der Waals surface area contributed by atoms with Gasteiger partial charge in [-0.3, -0.25) is 0 Å². The molecule has 1 unspecified atom stereocenters. The van der Waals surface area contributed by atoms with Crippen molar-refractivity contribution in [3.8, 4) is 0 Å². The average molecular weight is 239 g/mol. The van der Waals surface area contributed by atoms with Crippen molar-refractivity contribution in [3.63, 3.8) is 0 Å². The van der Waals surface area contributed by atoms with Crippen LogP contribution in [0.2, 0.25) is 0 Å². The van der Waals surface area contributed by atoms with Crippen LogP contribution in [0, 0.1) is 0 Å². The van der Waals surface area contributed by atoms with Gasteiger partial charge in [0.25, 0.3) is 0 Å². The normalized spacial score (nSPS) is 30.7. The fourth-order valence-corrected chi connectivity index (χ4v) is 2.38. The summed E-state index contributed by atoms with van der Waals surface area (Å²) in [5.74, 6) is 0. The van der Waals surface area contributed by atoms with Crippen molar-refractivity contribution in [1.82, 2.24) is 3.11 Å². The molecule has 0 aromatic carbocycles. The van der Waals surface area contributed by atoms with Gasteiger partial charge in [-0.2, -0.15) is 0 Å². The van der Waals surface area contributed by atoms with Crippen molar-refractivity contribution in [3.05, 3.63) is 0 Å². The maximum Gasteiger partial charge on any atom is 0.0204 e. The predicted molar refractivity (Wildman–Crippen MR) is 48.7 cm³/mol. The van der Waals surface area contributed by atoms with Crippen molar-refractivity contribution in [1.29, 1.82) is 0 Å². The molecule has 2 heteroatoms. The Kier molecular flexibility index (Phi) is 3.26. The maximum absolute atomic E-state index is 2.46. The molecule has 0 radical (unpaired) electrons. The molecule has 9 heavy (non-hydrogen) atoms. The van der Waals surface area contributed by atoms with E-state index in [0.717, 1.165) is 6.04 Å². The van der Waals surface area contributed by atoms with Crippen molar-refractivity contribution >= 4 is 22.9 Å². The topological polar surface area (TPSA) is 3.24 Å². The minimum absolute atomic E-state index is 0.874. The molecule has 1 rings (SSSR count). The fraction of sp³-hybridized carbons (Fsp3) is 1.00. The third kappa shape index (κ3) is 2.08. The van der Waals surface area contributed by atoms with Gasteiger partial charge in [-0.1, -0.05) is 13.3 Å². The highest BCUT2D eigenvalue weighted by molar-refractivity contribution is 14.1. The van der Waals surface area contributed by atoms with Crippen molar-refractivity contribution in [2.45, 2.75) is 38.6 Å². The average Bonchev–Trinajstić information content (AvgIpc) is 1.89. The summed E-state index contributed by atoms with van der Waals surface area (Å²) < 4.78 is 2.46. The van der Waals surface area contributed by atoms with Gasteiger partial charge in [0.05, 0.1) is 0 Å². The first-order valence-electron chi connectivity index (χ1n) is 3.77. The van der Waals surface area contributed by atoms with E-state index < -0.39 is 0 Å². The molecule has 0 bridgehead atoms. The second-order valence-corrected chi connectivity index (χ2v) is 3.92. The lowest BCUT2D eigenvalue weighted by Crippen LogP contribution is -2.30. The van der Waals surface area contributed by atoms with Crippen LogP contribution < -0.4 is 0 Å². The van der Waals surface area contributed by atoms with Gasteiger partial charge >= 0.3 is 0 Å². The standard InChI is InChI=1S/C7H14IN/c1-2-7-5-3-4-6-9(7)8/h7H,2-6H2,1H3. The summed E-state index contributed by atoms with van der Waals surface area (Å²) in [6, 6.07) is 0.874. The molecule has 0 aromatic rings. The number of rotatable bonds is 1. The van der Waals surface area contributed by atoms with Crippen LogP contribution in [-0.4, -0.2) is 15.7 Å². The van der Waals surface area contributed by atoms with Gasteiger partial charge in [-0.25, -0.2) is 3.11 Å². The summed E-state index contributed by atoms with van der Waals surface area (Å²) in [5.41, 5.74) is 0. The minimum atomic E-state index is 0.874. The Morgan fingerprint density at radius 3 is 2.78 bits per heavy atom. The van der Waals surface area contributed by atoms with E-state index in [0.29, 0.717) is 0 Å². The monoisotopic (exact) mass is 239 g/mol. The second-order valence-electron chi connectivity index (χ2n) is 2.68. The van der Waals surface area contributed by atoms with Crippen LogP contribution in [0.3, 0.4) is 0 Å². The molecule has 0 N–H and O–H groups in total. The van der Waals surface area contributed by atoms with Crippen LogP contribution in [-0.2, 0) is 0 Å². The van der Waals surface area contributed by atoms with Crippen LogP contribution in [0.25, 0.3) is 0 Å². The van der Waals surface area contributed by atoms with Gasteiger partial charge in [0, 0.05) is 35.5 Å². The Balaban J connectivity index is 2.30. The van der Waals surface area contributed by atoms with Gasteiger partial charge in [0.2, 0.25) is 0 Å². The van der Waals surface area contributed by atoms with Crippen molar-refractivity contribution < 1.29 is 0 Å². The Labute approximate surface area is 71.3 Å². The van der Waals surface area contributed by atoms with E-state index in [1.54, 1.807) is 0 Å². The van der Waals surface area contributed by atoms with Crippen LogP contribution >= 0.6 is 22.9 Å². The lowest BCUT2D eigenvalue weighted by molar-refractivity contribution is 0.291. The van der Waals surface area contributed by atoms with Crippen molar-refractivity contribution in [2.24, 2.45) is 0 Å². The number of halogens is 1. The number of nitrogens with zero attached hydrogens (tertiary/aromatic N) is 1. The summed E-state index contributed by atoms with van der Waals surface area (Å²) in [5, 5.41) is 0. The van der Waals surface area contributed by atoms with E-state index in [1.165, 1.54) is 32.2 Å². The van der Waals surface area contributed by atoms with E-state index >= 15 is 0 Å². The van der Waals surface area contributed by atoms with Crippen LogP contribution in [0.5, 0.6) is 0 Å². The van der Waals surface area contributed by atoms with E-state index in [-0.39, 0.29) is 0 Å². The highest BCUT2D eigenvalue weighted by Crippen LogP contribution is 2.22. The van der Waals surface area contributed by atoms with E-state index in [1.807, 2.05) is 0 Å². The van der Waals surface area contributed by atoms with E-state index in [4.69, 9.17) is 0 Å². The largest absolute Gasteiger partial charge is 0.244 e. The number of piperidine rings is 1. The van der Waals surface area contributed by atoms with Gasteiger partial charge in [0.1, 0.15) is 0 Å². The van der Waals surface area contributed by atoms with Gasteiger partial charge in [-0.15, -0.1) is 0 Å². The molecule has 1 atom stereocenters. The van der Waals surface area contributed by atoms with Gasteiger partial charge < -0.3 is 0 Å². The first-order chi connectivity index (χ1) is 4.34. The molecule has 0 aromatic heterocycles. The Bertz CT molecular complexity index is 85.0. The summed E-state index contributed by atoms with van der Waals surface area (Å²) in [7, 11) is 0. The van der Waals surface area contributed by atoms with E-state index in [2.05, 4.69) is 32.9 Å². The molecule has 0 aliphatic carbocycles. The molecule has 0 spiro atoms. The zero-order chi connectivity index (χ0) is 6.69. The molecule has 1 aliphatic rings. The molecule has 54 valence electrons. The molecule has 1 aliphatic heterocycles.